The van der Waals surface area contributed by atoms with Crippen LogP contribution in [0.3, 0.4) is 0 Å². The second-order valence-electron chi connectivity index (χ2n) is 4.43. The molecule has 1 aliphatic rings. The number of alkyl halides is 3. The van der Waals surface area contributed by atoms with Crippen LogP contribution in [0.1, 0.15) is 31.2 Å². The van der Waals surface area contributed by atoms with Crippen LogP contribution >= 0.6 is 0 Å². The molecule has 3 nitrogen and oxygen atoms in total. The summed E-state index contributed by atoms with van der Waals surface area (Å²) in [6, 6.07) is 4.68. The lowest BCUT2D eigenvalue weighted by Crippen LogP contribution is -2.19. The molecule has 0 heterocycles. The van der Waals surface area contributed by atoms with Gasteiger partial charge in [-0.2, -0.15) is 18.3 Å². The zero-order valence-electron chi connectivity index (χ0n) is 10.2. The molecule has 1 aliphatic carbocycles. The minimum atomic E-state index is -4.32. The van der Waals surface area contributed by atoms with Gasteiger partial charge in [-0.05, 0) is 49.9 Å². The Bertz CT molecular complexity index is 489. The number of hydrogen-bond donors (Lipinski definition) is 2. The van der Waals surface area contributed by atoms with Crippen LogP contribution in [0, 0.1) is 5.41 Å². The number of benzene rings is 1. The third kappa shape index (κ3) is 3.56. The van der Waals surface area contributed by atoms with Crippen molar-refractivity contribution in [1.29, 1.82) is 5.41 Å². The van der Waals surface area contributed by atoms with Crippen molar-refractivity contribution < 1.29 is 13.2 Å². The number of halogens is 3. The molecule has 0 unspecified atom stereocenters. The Morgan fingerprint density at radius 2 is 1.68 bits per heavy atom. The van der Waals surface area contributed by atoms with E-state index in [2.05, 4.69) is 10.5 Å². The van der Waals surface area contributed by atoms with E-state index in [9.17, 15) is 13.2 Å². The summed E-state index contributed by atoms with van der Waals surface area (Å²) >= 11 is 0. The largest absolute Gasteiger partial charge is 0.416 e. The zero-order chi connectivity index (χ0) is 13.9. The predicted octanol–water partition coefficient (Wildman–Crippen LogP) is 4.07. The highest BCUT2D eigenvalue weighted by atomic mass is 19.4. The molecule has 0 aliphatic heterocycles. The van der Waals surface area contributed by atoms with Crippen LogP contribution in [0.4, 0.5) is 18.9 Å². The first-order chi connectivity index (χ1) is 8.97. The number of nitrogens with zero attached hydrogens (tertiary/aromatic N) is 1. The van der Waals surface area contributed by atoms with E-state index in [1.807, 2.05) is 0 Å². The molecule has 0 spiro atoms. The van der Waals surface area contributed by atoms with Crippen molar-refractivity contribution in [1.82, 2.24) is 0 Å². The van der Waals surface area contributed by atoms with Crippen molar-refractivity contribution in [3.8, 4) is 0 Å². The molecule has 0 aromatic heterocycles. The van der Waals surface area contributed by atoms with Gasteiger partial charge in [-0.1, -0.05) is 0 Å². The van der Waals surface area contributed by atoms with Crippen LogP contribution < -0.4 is 5.43 Å². The van der Waals surface area contributed by atoms with Crippen LogP contribution in [0.25, 0.3) is 0 Å². The smallest absolute Gasteiger partial charge is 0.303 e. The van der Waals surface area contributed by atoms with Crippen molar-refractivity contribution in [3.63, 3.8) is 0 Å². The highest BCUT2D eigenvalue weighted by Crippen LogP contribution is 2.29. The molecule has 0 atom stereocenters. The van der Waals surface area contributed by atoms with E-state index in [4.69, 9.17) is 5.41 Å². The normalized spacial score (nSPS) is 18.7. The monoisotopic (exact) mass is 269 g/mol. The van der Waals surface area contributed by atoms with Gasteiger partial charge in [0.15, 0.2) is 0 Å². The van der Waals surface area contributed by atoms with E-state index in [0.717, 1.165) is 31.4 Å². The van der Waals surface area contributed by atoms with Gasteiger partial charge in [0.05, 0.1) is 22.7 Å². The molecule has 19 heavy (non-hydrogen) atoms. The first-order valence-corrected chi connectivity index (χ1v) is 6.04. The van der Waals surface area contributed by atoms with Crippen LogP contribution in [0.15, 0.2) is 29.4 Å². The number of nitrogens with one attached hydrogen (secondary N) is 2. The summed E-state index contributed by atoms with van der Waals surface area (Å²) in [5, 5.41) is 11.8. The molecule has 0 bridgehead atoms. The Kier molecular flexibility index (Phi) is 3.87. The highest BCUT2D eigenvalue weighted by molar-refractivity contribution is 6.41. The van der Waals surface area contributed by atoms with Crippen LogP contribution in [0.2, 0.25) is 0 Å². The SMILES string of the molecule is N=C1CCCC/C1=N/Nc1ccc(C(F)(F)F)cc1. The van der Waals surface area contributed by atoms with Crippen molar-refractivity contribution in [2.45, 2.75) is 31.9 Å². The third-order valence-electron chi connectivity index (χ3n) is 2.97. The lowest BCUT2D eigenvalue weighted by Gasteiger charge is -2.14. The Labute approximate surface area is 109 Å². The van der Waals surface area contributed by atoms with E-state index in [-0.39, 0.29) is 0 Å². The van der Waals surface area contributed by atoms with E-state index in [1.54, 1.807) is 0 Å². The lowest BCUT2D eigenvalue weighted by atomic mass is 9.97. The number of rotatable bonds is 2. The fraction of sp³-hybridized carbons (Fsp3) is 0.385. The zero-order valence-corrected chi connectivity index (χ0v) is 10.2. The van der Waals surface area contributed by atoms with E-state index in [0.29, 0.717) is 23.5 Å². The average Bonchev–Trinajstić information content (AvgIpc) is 2.37. The summed E-state index contributed by atoms with van der Waals surface area (Å²) in [5.41, 5.74) is 3.70. The van der Waals surface area contributed by atoms with Gasteiger partial charge in [0.2, 0.25) is 0 Å². The maximum absolute atomic E-state index is 12.4. The van der Waals surface area contributed by atoms with Crippen LogP contribution in [-0.4, -0.2) is 11.4 Å². The van der Waals surface area contributed by atoms with Gasteiger partial charge < -0.3 is 5.41 Å². The first-order valence-electron chi connectivity index (χ1n) is 6.04. The van der Waals surface area contributed by atoms with Crippen LogP contribution in [-0.2, 0) is 6.18 Å². The summed E-state index contributed by atoms with van der Waals surface area (Å²) in [7, 11) is 0. The molecule has 1 fully saturated rings. The maximum atomic E-state index is 12.4. The number of anilines is 1. The molecular weight excluding hydrogens is 255 g/mol. The Balaban J connectivity index is 2.04. The Morgan fingerprint density at radius 3 is 2.26 bits per heavy atom. The fourth-order valence-electron chi connectivity index (χ4n) is 1.88. The van der Waals surface area contributed by atoms with Gasteiger partial charge >= 0.3 is 6.18 Å². The molecule has 6 heteroatoms. The van der Waals surface area contributed by atoms with E-state index in [1.165, 1.54) is 12.1 Å². The molecule has 2 N–H and O–H groups in total. The first kappa shape index (κ1) is 13.6. The van der Waals surface area contributed by atoms with Crippen molar-refractivity contribution in [2.75, 3.05) is 5.43 Å². The molecular formula is C13H14F3N3. The minimum Gasteiger partial charge on any atom is -0.303 e. The van der Waals surface area contributed by atoms with Gasteiger partial charge in [-0.25, -0.2) is 0 Å². The average molecular weight is 269 g/mol. The summed E-state index contributed by atoms with van der Waals surface area (Å²) < 4.78 is 37.1. The van der Waals surface area contributed by atoms with Gasteiger partial charge in [-0.3, -0.25) is 5.43 Å². The summed E-state index contributed by atoms with van der Waals surface area (Å²) in [6.45, 7) is 0. The molecule has 1 aromatic rings. The Morgan fingerprint density at radius 1 is 1.05 bits per heavy atom. The van der Waals surface area contributed by atoms with Gasteiger partial charge in [0.1, 0.15) is 0 Å². The highest BCUT2D eigenvalue weighted by Gasteiger charge is 2.29. The number of hydrazone groups is 1. The standard InChI is InChI=1S/C13H14F3N3/c14-13(15,16)9-5-7-10(8-6-9)18-19-12-4-2-1-3-11(12)17/h5-8,17-18H,1-4H2/b17-11?,19-12-. The van der Waals surface area contributed by atoms with Gasteiger partial charge in [0.25, 0.3) is 0 Å². The molecule has 0 saturated heterocycles. The molecule has 1 aromatic carbocycles. The second kappa shape index (κ2) is 5.42. The quantitative estimate of drug-likeness (QED) is 0.781. The second-order valence-corrected chi connectivity index (χ2v) is 4.43. The van der Waals surface area contributed by atoms with Gasteiger partial charge in [-0.15, -0.1) is 0 Å². The topological polar surface area (TPSA) is 48.2 Å². The molecule has 0 radical (unpaired) electrons. The summed E-state index contributed by atoms with van der Waals surface area (Å²) in [6.07, 6.45) is -0.871. The molecule has 1 saturated carbocycles. The lowest BCUT2D eigenvalue weighted by molar-refractivity contribution is -0.137. The van der Waals surface area contributed by atoms with Gasteiger partial charge in [0, 0.05) is 0 Å². The fourth-order valence-corrected chi connectivity index (χ4v) is 1.88. The predicted molar refractivity (Wildman–Crippen MR) is 68.7 cm³/mol. The Hall–Kier alpha value is -1.85. The summed E-state index contributed by atoms with van der Waals surface area (Å²) in [4.78, 5) is 0. The van der Waals surface area contributed by atoms with E-state index >= 15 is 0 Å². The van der Waals surface area contributed by atoms with Crippen molar-refractivity contribution >= 4 is 17.1 Å². The number of hydrogen-bond acceptors (Lipinski definition) is 3. The molecule has 0 amide bonds. The molecule has 102 valence electrons. The summed E-state index contributed by atoms with van der Waals surface area (Å²) in [5.74, 6) is 0. The minimum absolute atomic E-state index is 0.485. The van der Waals surface area contributed by atoms with Crippen molar-refractivity contribution in [3.05, 3.63) is 29.8 Å². The maximum Gasteiger partial charge on any atom is 0.416 e. The van der Waals surface area contributed by atoms with E-state index < -0.39 is 11.7 Å². The molecule has 2 rings (SSSR count). The van der Waals surface area contributed by atoms with Crippen LogP contribution in [0.5, 0.6) is 0 Å². The third-order valence-corrected chi connectivity index (χ3v) is 2.97. The van der Waals surface area contributed by atoms with Crippen molar-refractivity contribution in [2.24, 2.45) is 5.10 Å².